The van der Waals surface area contributed by atoms with Gasteiger partial charge in [-0.15, -0.1) is 0 Å². The van der Waals surface area contributed by atoms with Crippen molar-refractivity contribution >= 4 is 5.91 Å². The van der Waals surface area contributed by atoms with E-state index in [2.05, 4.69) is 26.9 Å². The van der Waals surface area contributed by atoms with Crippen molar-refractivity contribution in [3.63, 3.8) is 0 Å². The molecule has 7 nitrogen and oxygen atoms in total. The smallest absolute Gasteiger partial charge is 0.243 e. The van der Waals surface area contributed by atoms with Gasteiger partial charge in [0, 0.05) is 40.2 Å². The number of carbonyl (C=O) groups is 1. The van der Waals surface area contributed by atoms with Gasteiger partial charge in [-0.25, -0.2) is 0 Å². The molecular weight excluding hydrogens is 282 g/mol. The Balaban J connectivity index is 1.90. The van der Waals surface area contributed by atoms with Crippen LogP contribution in [0.2, 0.25) is 0 Å². The number of rotatable bonds is 5. The van der Waals surface area contributed by atoms with Gasteiger partial charge in [-0.1, -0.05) is 12.1 Å². The van der Waals surface area contributed by atoms with Gasteiger partial charge in [-0.3, -0.25) is 14.6 Å². The second kappa shape index (κ2) is 7.69. The fourth-order valence-electron chi connectivity index (χ4n) is 2.61. The molecule has 1 fully saturated rings. The molecule has 124 valence electrons. The molecule has 7 heteroatoms. The topological polar surface area (TPSA) is 65.7 Å². The molecule has 1 aliphatic heterocycles. The van der Waals surface area contributed by atoms with Crippen LogP contribution in [0.25, 0.3) is 0 Å². The van der Waals surface area contributed by atoms with Crippen LogP contribution < -0.4 is 0 Å². The number of nitrogens with zero attached hydrogens (tertiary/aromatic N) is 5. The maximum absolute atomic E-state index is 11.8. The molecule has 1 aromatic heterocycles. The van der Waals surface area contributed by atoms with Crippen LogP contribution in [0.15, 0.2) is 4.52 Å². The summed E-state index contributed by atoms with van der Waals surface area (Å²) in [6.45, 7) is 8.35. The van der Waals surface area contributed by atoms with Crippen molar-refractivity contribution < 1.29 is 9.32 Å². The van der Waals surface area contributed by atoms with E-state index in [1.807, 2.05) is 6.92 Å². The summed E-state index contributed by atoms with van der Waals surface area (Å²) in [5, 5.41) is 3.97. The van der Waals surface area contributed by atoms with Crippen molar-refractivity contribution in [3.05, 3.63) is 11.7 Å². The largest absolute Gasteiger partial charge is 0.348 e. The van der Waals surface area contributed by atoms with Crippen LogP contribution in [0.5, 0.6) is 0 Å². The zero-order chi connectivity index (χ0) is 16.1. The Morgan fingerprint density at radius 1 is 1.32 bits per heavy atom. The first-order chi connectivity index (χ1) is 10.5. The minimum Gasteiger partial charge on any atom is -0.348 e. The zero-order valence-electron chi connectivity index (χ0n) is 14.1. The number of likely N-dealkylation sites (N-methyl/N-ethyl adjacent to an activating group) is 1. The Labute approximate surface area is 132 Å². The summed E-state index contributed by atoms with van der Waals surface area (Å²) < 4.78 is 5.36. The molecule has 1 aromatic rings. The van der Waals surface area contributed by atoms with Gasteiger partial charge >= 0.3 is 0 Å². The molecule has 1 unspecified atom stereocenters. The van der Waals surface area contributed by atoms with Crippen LogP contribution in [-0.4, -0.2) is 77.6 Å². The molecular formula is C15H27N5O2. The summed E-state index contributed by atoms with van der Waals surface area (Å²) >= 11 is 0. The number of aromatic nitrogens is 2. The van der Waals surface area contributed by atoms with Gasteiger partial charge in [-0.2, -0.15) is 4.98 Å². The predicted molar refractivity (Wildman–Crippen MR) is 83.4 cm³/mol. The molecule has 22 heavy (non-hydrogen) atoms. The van der Waals surface area contributed by atoms with E-state index in [1.165, 1.54) is 0 Å². The Morgan fingerprint density at radius 3 is 2.73 bits per heavy atom. The summed E-state index contributed by atoms with van der Waals surface area (Å²) in [7, 11) is 3.60. The fourth-order valence-corrected chi connectivity index (χ4v) is 2.61. The summed E-state index contributed by atoms with van der Waals surface area (Å²) in [6.07, 6.45) is 1.83. The van der Waals surface area contributed by atoms with Crippen molar-refractivity contribution in [1.82, 2.24) is 24.8 Å². The van der Waals surface area contributed by atoms with Crippen LogP contribution >= 0.6 is 0 Å². The van der Waals surface area contributed by atoms with E-state index in [4.69, 9.17) is 4.52 Å². The van der Waals surface area contributed by atoms with Crippen molar-refractivity contribution in [2.45, 2.75) is 32.7 Å². The molecule has 0 aromatic carbocycles. The molecule has 2 heterocycles. The first-order valence-corrected chi connectivity index (χ1v) is 8.00. The van der Waals surface area contributed by atoms with Gasteiger partial charge in [0.15, 0.2) is 5.82 Å². The number of carbonyl (C=O) groups excluding carboxylic acids is 1. The molecule has 1 atom stereocenters. The third-order valence-electron chi connectivity index (χ3n) is 4.19. The van der Waals surface area contributed by atoms with Crippen molar-refractivity contribution in [2.75, 3.05) is 46.8 Å². The third kappa shape index (κ3) is 4.27. The Bertz CT molecular complexity index is 488. The van der Waals surface area contributed by atoms with Crippen LogP contribution in [0.1, 0.15) is 38.0 Å². The van der Waals surface area contributed by atoms with Gasteiger partial charge in [0.2, 0.25) is 11.8 Å². The van der Waals surface area contributed by atoms with E-state index in [0.29, 0.717) is 12.4 Å². The molecule has 0 N–H and O–H groups in total. The van der Waals surface area contributed by atoms with E-state index in [-0.39, 0.29) is 11.9 Å². The Hall–Kier alpha value is -1.47. The maximum Gasteiger partial charge on any atom is 0.243 e. The van der Waals surface area contributed by atoms with Crippen molar-refractivity contribution in [3.8, 4) is 0 Å². The number of aryl methyl sites for hydroxylation is 1. The van der Waals surface area contributed by atoms with E-state index in [9.17, 15) is 4.79 Å². The second-order valence-electron chi connectivity index (χ2n) is 6.03. The minimum atomic E-state index is 0.123. The lowest BCUT2D eigenvalue weighted by Gasteiger charge is -2.25. The normalized spacial score (nSPS) is 18.9. The van der Waals surface area contributed by atoms with Crippen LogP contribution in [0, 0.1) is 0 Å². The molecule has 0 saturated carbocycles. The van der Waals surface area contributed by atoms with Crippen LogP contribution in [0.4, 0.5) is 0 Å². The first kappa shape index (κ1) is 16.9. The predicted octanol–water partition coefficient (Wildman–Crippen LogP) is 0.789. The van der Waals surface area contributed by atoms with E-state index < -0.39 is 0 Å². The van der Waals surface area contributed by atoms with E-state index in [1.54, 1.807) is 19.0 Å². The molecule has 1 amide bonds. The molecule has 0 spiro atoms. The lowest BCUT2D eigenvalue weighted by Crippen LogP contribution is -2.39. The molecule has 1 aliphatic rings. The fraction of sp³-hybridized carbons (Fsp3) is 0.800. The Morgan fingerprint density at radius 2 is 2.09 bits per heavy atom. The number of hydrogen-bond acceptors (Lipinski definition) is 6. The van der Waals surface area contributed by atoms with Gasteiger partial charge in [0.1, 0.15) is 0 Å². The zero-order valence-corrected chi connectivity index (χ0v) is 14.1. The number of amides is 1. The van der Waals surface area contributed by atoms with E-state index in [0.717, 1.165) is 44.8 Å². The highest BCUT2D eigenvalue weighted by Crippen LogP contribution is 2.20. The monoisotopic (exact) mass is 309 g/mol. The van der Waals surface area contributed by atoms with Crippen LogP contribution in [-0.2, 0) is 11.2 Å². The molecule has 0 radical (unpaired) electrons. The summed E-state index contributed by atoms with van der Waals surface area (Å²) in [6, 6.07) is 0.123. The molecule has 2 rings (SSSR count). The quantitative estimate of drug-likeness (QED) is 0.801. The minimum absolute atomic E-state index is 0.123. The summed E-state index contributed by atoms with van der Waals surface area (Å²) in [4.78, 5) is 22.5. The maximum atomic E-state index is 11.8. The summed E-state index contributed by atoms with van der Waals surface area (Å²) in [5.41, 5.74) is 0. The first-order valence-electron chi connectivity index (χ1n) is 8.00. The molecule has 0 bridgehead atoms. The van der Waals surface area contributed by atoms with Gasteiger partial charge in [-0.05, 0) is 19.9 Å². The van der Waals surface area contributed by atoms with Gasteiger partial charge in [0.25, 0.3) is 0 Å². The molecule has 0 aliphatic carbocycles. The van der Waals surface area contributed by atoms with Crippen molar-refractivity contribution in [1.29, 1.82) is 0 Å². The lowest BCUT2D eigenvalue weighted by molar-refractivity contribution is -0.129. The SMILES string of the molecule is CCc1noc(C(C)N2CCCN(CC(=O)N(C)C)CC2)n1. The number of hydrogen-bond donors (Lipinski definition) is 0. The standard InChI is InChI=1S/C15H27N5O2/c1-5-13-16-15(22-17-13)12(2)20-8-6-7-19(9-10-20)11-14(21)18(3)4/h12H,5-11H2,1-4H3. The van der Waals surface area contributed by atoms with Gasteiger partial charge in [0.05, 0.1) is 12.6 Å². The second-order valence-corrected chi connectivity index (χ2v) is 6.03. The average molecular weight is 309 g/mol. The highest BCUT2D eigenvalue weighted by Gasteiger charge is 2.24. The highest BCUT2D eigenvalue weighted by atomic mass is 16.5. The van der Waals surface area contributed by atoms with Crippen molar-refractivity contribution in [2.24, 2.45) is 0 Å². The third-order valence-corrected chi connectivity index (χ3v) is 4.19. The Kier molecular flexibility index (Phi) is 5.90. The van der Waals surface area contributed by atoms with E-state index >= 15 is 0 Å². The van der Waals surface area contributed by atoms with Gasteiger partial charge < -0.3 is 9.42 Å². The molecule has 1 saturated heterocycles. The summed E-state index contributed by atoms with van der Waals surface area (Å²) in [5.74, 6) is 1.61. The van der Waals surface area contributed by atoms with Crippen LogP contribution in [0.3, 0.4) is 0 Å². The average Bonchev–Trinajstić information content (AvgIpc) is 2.86. The lowest BCUT2D eigenvalue weighted by atomic mass is 10.2. The highest BCUT2D eigenvalue weighted by molar-refractivity contribution is 5.77.